The number of hydrogen-bond acceptors (Lipinski definition) is 4. The third-order valence-electron chi connectivity index (χ3n) is 8.43. The van der Waals surface area contributed by atoms with Crippen LogP contribution in [0.4, 0.5) is 13.2 Å². The molecule has 37 heavy (non-hydrogen) atoms. The first-order chi connectivity index (χ1) is 17.3. The lowest BCUT2D eigenvalue weighted by Gasteiger charge is -2.52. The van der Waals surface area contributed by atoms with Crippen molar-refractivity contribution in [2.24, 2.45) is 0 Å². The molecule has 0 radical (unpaired) electrons. The first-order valence-corrected chi connectivity index (χ1v) is 13.0. The number of rotatable bonds is 4. The molecule has 1 amide bonds. The summed E-state index contributed by atoms with van der Waals surface area (Å²) < 4.78 is 39.6. The number of piperazine rings is 1. The first kappa shape index (κ1) is 27.4. The topological polar surface area (TPSA) is 53.7 Å². The highest BCUT2D eigenvalue weighted by molar-refractivity contribution is 5.96. The van der Waals surface area contributed by atoms with E-state index < -0.39 is 11.7 Å². The van der Waals surface area contributed by atoms with E-state index >= 15 is 0 Å². The molecule has 0 N–H and O–H groups in total. The van der Waals surface area contributed by atoms with Gasteiger partial charge in [0.1, 0.15) is 0 Å². The number of carbonyl (C=O) groups is 1. The highest BCUT2D eigenvalue weighted by Crippen LogP contribution is 2.35. The number of amides is 1. The fourth-order valence-corrected chi connectivity index (χ4v) is 6.04. The van der Waals surface area contributed by atoms with Gasteiger partial charge in [-0.1, -0.05) is 12.1 Å². The van der Waals surface area contributed by atoms with Crippen molar-refractivity contribution in [3.8, 4) is 0 Å². The van der Waals surface area contributed by atoms with Crippen LogP contribution in [0.15, 0.2) is 36.7 Å². The number of aryl methyl sites for hydroxylation is 2. The van der Waals surface area contributed by atoms with Gasteiger partial charge in [0, 0.05) is 61.5 Å². The molecular formula is C28H37F3N4O2. The SMILES string of the molecule is Cc1c[n+]([O-])cc(C)c1C(=O)N1CCC(C)(N2CCN(C(C)c3ccc(C(F)(F)F)cc3)C(C)C2)CC1. The van der Waals surface area contributed by atoms with Gasteiger partial charge in [0.15, 0.2) is 12.4 Å². The number of alkyl halides is 3. The van der Waals surface area contributed by atoms with Crippen molar-refractivity contribution in [2.45, 2.75) is 71.3 Å². The molecule has 1 aromatic carbocycles. The Morgan fingerprint density at radius 2 is 1.62 bits per heavy atom. The highest BCUT2D eigenvalue weighted by Gasteiger charge is 2.41. The van der Waals surface area contributed by atoms with E-state index in [4.69, 9.17) is 0 Å². The molecule has 2 fully saturated rings. The summed E-state index contributed by atoms with van der Waals surface area (Å²) in [6.45, 7) is 14.0. The number of nitrogens with zero attached hydrogens (tertiary/aromatic N) is 4. The number of benzene rings is 1. The maximum absolute atomic E-state index is 13.3. The quantitative estimate of drug-likeness (QED) is 0.434. The van der Waals surface area contributed by atoms with Crippen molar-refractivity contribution < 1.29 is 22.7 Å². The molecule has 9 heteroatoms. The van der Waals surface area contributed by atoms with Crippen LogP contribution in [0.5, 0.6) is 0 Å². The maximum Gasteiger partial charge on any atom is 0.416 e. The van der Waals surface area contributed by atoms with Crippen molar-refractivity contribution in [1.29, 1.82) is 0 Å². The molecular weight excluding hydrogens is 481 g/mol. The van der Waals surface area contributed by atoms with E-state index in [-0.39, 0.29) is 23.5 Å². The molecule has 2 aliphatic heterocycles. The van der Waals surface area contributed by atoms with Crippen molar-refractivity contribution >= 4 is 5.91 Å². The second-order valence-corrected chi connectivity index (χ2v) is 11.0. The van der Waals surface area contributed by atoms with Crippen LogP contribution in [-0.2, 0) is 6.18 Å². The van der Waals surface area contributed by atoms with E-state index in [1.165, 1.54) is 24.5 Å². The van der Waals surface area contributed by atoms with Gasteiger partial charge in [-0.3, -0.25) is 14.6 Å². The van der Waals surface area contributed by atoms with Gasteiger partial charge in [0.25, 0.3) is 5.91 Å². The minimum Gasteiger partial charge on any atom is -0.619 e. The van der Waals surface area contributed by atoms with E-state index in [2.05, 4.69) is 30.6 Å². The van der Waals surface area contributed by atoms with Crippen LogP contribution in [-0.4, -0.2) is 64.9 Å². The molecule has 4 rings (SSSR count). The smallest absolute Gasteiger partial charge is 0.416 e. The van der Waals surface area contributed by atoms with E-state index in [0.717, 1.165) is 42.8 Å². The van der Waals surface area contributed by atoms with Crippen LogP contribution in [0.1, 0.15) is 72.3 Å². The Hall–Kier alpha value is -2.65. The van der Waals surface area contributed by atoms with Gasteiger partial charge in [-0.25, -0.2) is 0 Å². The number of aromatic nitrogens is 1. The lowest BCUT2D eigenvalue weighted by molar-refractivity contribution is -0.606. The van der Waals surface area contributed by atoms with Crippen molar-refractivity contribution in [2.75, 3.05) is 32.7 Å². The average Bonchev–Trinajstić information content (AvgIpc) is 2.83. The van der Waals surface area contributed by atoms with Crippen LogP contribution in [0, 0.1) is 19.1 Å². The maximum atomic E-state index is 13.3. The predicted molar refractivity (Wildman–Crippen MR) is 136 cm³/mol. The van der Waals surface area contributed by atoms with Gasteiger partial charge in [-0.2, -0.15) is 17.9 Å². The Balaban J connectivity index is 1.36. The fraction of sp³-hybridized carbons (Fsp3) is 0.571. The molecule has 202 valence electrons. The molecule has 2 atom stereocenters. The van der Waals surface area contributed by atoms with Gasteiger partial charge in [0.05, 0.1) is 11.1 Å². The summed E-state index contributed by atoms with van der Waals surface area (Å²) in [5, 5.41) is 11.7. The number of carbonyl (C=O) groups excluding carboxylic acids is 1. The van der Waals surface area contributed by atoms with Crippen molar-refractivity contribution in [3.63, 3.8) is 0 Å². The summed E-state index contributed by atoms with van der Waals surface area (Å²) in [6.07, 6.45) is 0.301. The zero-order chi connectivity index (χ0) is 27.1. The van der Waals surface area contributed by atoms with Crippen LogP contribution in [0.2, 0.25) is 0 Å². The predicted octanol–water partition coefficient (Wildman–Crippen LogP) is 4.72. The Bertz CT molecular complexity index is 1100. The Morgan fingerprint density at radius 1 is 1.05 bits per heavy atom. The molecule has 0 bridgehead atoms. The zero-order valence-corrected chi connectivity index (χ0v) is 22.3. The van der Waals surface area contributed by atoms with Crippen LogP contribution < -0.4 is 4.73 Å². The molecule has 2 unspecified atom stereocenters. The third-order valence-corrected chi connectivity index (χ3v) is 8.43. The molecule has 2 aromatic rings. The molecule has 3 heterocycles. The minimum absolute atomic E-state index is 0.0128. The molecule has 1 aromatic heterocycles. The number of piperidine rings is 1. The summed E-state index contributed by atoms with van der Waals surface area (Å²) in [6, 6.07) is 5.79. The molecule has 0 spiro atoms. The fourth-order valence-electron chi connectivity index (χ4n) is 6.04. The molecule has 6 nitrogen and oxygen atoms in total. The van der Waals surface area contributed by atoms with Crippen LogP contribution in [0.25, 0.3) is 0 Å². The molecule has 2 aliphatic rings. The highest BCUT2D eigenvalue weighted by atomic mass is 19.4. The summed E-state index contributed by atoms with van der Waals surface area (Å²) in [7, 11) is 0. The van der Waals surface area contributed by atoms with E-state index in [0.29, 0.717) is 29.8 Å². The number of hydrogen-bond donors (Lipinski definition) is 0. The number of pyridine rings is 1. The van der Waals surface area contributed by atoms with E-state index in [9.17, 15) is 23.2 Å². The van der Waals surface area contributed by atoms with Gasteiger partial charge >= 0.3 is 6.18 Å². The summed E-state index contributed by atoms with van der Waals surface area (Å²) in [5.41, 5.74) is 2.26. The van der Waals surface area contributed by atoms with E-state index in [1.54, 1.807) is 26.0 Å². The van der Waals surface area contributed by atoms with Crippen LogP contribution in [0.3, 0.4) is 0 Å². The lowest BCUT2D eigenvalue weighted by Crippen LogP contribution is -2.62. The second kappa shape index (κ2) is 10.3. The van der Waals surface area contributed by atoms with E-state index in [1.807, 2.05) is 4.90 Å². The second-order valence-electron chi connectivity index (χ2n) is 11.0. The number of halogens is 3. The third kappa shape index (κ3) is 5.62. The molecule has 2 saturated heterocycles. The standard InChI is InChI=1S/C28H37F3N4O2/c1-19-16-34(37)17-20(2)25(19)26(36)32-12-10-27(5,11-13-32)33-14-15-35(21(3)18-33)22(4)23-6-8-24(9-7-23)28(29,30)31/h6-9,16-17,21-22H,10-15,18H2,1-5H3. The Labute approximate surface area is 217 Å². The monoisotopic (exact) mass is 518 g/mol. The summed E-state index contributed by atoms with van der Waals surface area (Å²) in [5.74, 6) is -0.0128. The van der Waals surface area contributed by atoms with Crippen LogP contribution >= 0.6 is 0 Å². The average molecular weight is 519 g/mol. The minimum atomic E-state index is -4.32. The zero-order valence-electron chi connectivity index (χ0n) is 22.3. The van der Waals surface area contributed by atoms with Gasteiger partial charge < -0.3 is 10.1 Å². The van der Waals surface area contributed by atoms with Gasteiger partial charge in [-0.15, -0.1) is 0 Å². The first-order valence-electron chi connectivity index (χ1n) is 13.0. The summed E-state index contributed by atoms with van der Waals surface area (Å²) >= 11 is 0. The lowest BCUT2D eigenvalue weighted by atomic mass is 9.85. The molecule has 0 aliphatic carbocycles. The van der Waals surface area contributed by atoms with Crippen molar-refractivity contribution in [3.05, 3.63) is 69.7 Å². The van der Waals surface area contributed by atoms with Gasteiger partial charge in [0.2, 0.25) is 0 Å². The Kier molecular flexibility index (Phi) is 7.59. The molecule has 0 saturated carbocycles. The Morgan fingerprint density at radius 3 is 2.14 bits per heavy atom. The van der Waals surface area contributed by atoms with Crippen molar-refractivity contribution in [1.82, 2.24) is 14.7 Å². The van der Waals surface area contributed by atoms with Gasteiger partial charge in [-0.05, 0) is 65.2 Å². The largest absolute Gasteiger partial charge is 0.619 e. The number of likely N-dealkylation sites (tertiary alicyclic amines) is 1. The normalized spacial score (nSPS) is 22.2. The summed E-state index contributed by atoms with van der Waals surface area (Å²) in [4.78, 5) is 20.0.